The molecule has 3 amide bonds. The summed E-state index contributed by atoms with van der Waals surface area (Å²) in [4.78, 5) is 28.7. The first-order valence-corrected chi connectivity index (χ1v) is 6.71. The maximum Gasteiger partial charge on any atom is 0.333 e. The lowest BCUT2D eigenvalue weighted by molar-refractivity contribution is -0.121. The SMILES string of the molecule is NC(N)=NCC/C=C1\NC(=O)N(/C=C/c2ccccc2)C1=O. The number of aliphatic imine (C=N–C) groups is 1. The molecule has 2 rings (SSSR count). The first kappa shape index (κ1) is 15.3. The normalized spacial score (nSPS) is 16.4. The van der Waals surface area contributed by atoms with Gasteiger partial charge in [0.25, 0.3) is 5.91 Å². The number of amides is 3. The van der Waals surface area contributed by atoms with Crippen molar-refractivity contribution in [2.75, 3.05) is 6.54 Å². The number of nitrogens with zero attached hydrogens (tertiary/aromatic N) is 2. The summed E-state index contributed by atoms with van der Waals surface area (Å²) in [5.41, 5.74) is 11.5. The van der Waals surface area contributed by atoms with E-state index in [0.29, 0.717) is 13.0 Å². The number of carbonyl (C=O) groups excluding carboxylic acids is 2. The van der Waals surface area contributed by atoms with Crippen LogP contribution >= 0.6 is 0 Å². The van der Waals surface area contributed by atoms with Crippen molar-refractivity contribution < 1.29 is 9.59 Å². The average molecular weight is 299 g/mol. The molecule has 0 unspecified atom stereocenters. The van der Waals surface area contributed by atoms with E-state index in [1.54, 1.807) is 12.2 Å². The van der Waals surface area contributed by atoms with Gasteiger partial charge >= 0.3 is 6.03 Å². The van der Waals surface area contributed by atoms with Gasteiger partial charge in [0.1, 0.15) is 5.70 Å². The first-order chi connectivity index (χ1) is 10.6. The minimum Gasteiger partial charge on any atom is -0.370 e. The molecule has 0 bridgehead atoms. The molecule has 1 aromatic carbocycles. The molecule has 5 N–H and O–H groups in total. The Hall–Kier alpha value is -3.09. The zero-order valence-corrected chi connectivity index (χ0v) is 11.9. The lowest BCUT2D eigenvalue weighted by atomic mass is 10.2. The molecule has 0 aromatic heterocycles. The summed E-state index contributed by atoms with van der Waals surface area (Å²) < 4.78 is 0. The zero-order chi connectivity index (χ0) is 15.9. The minimum atomic E-state index is -0.481. The van der Waals surface area contributed by atoms with Crippen LogP contribution in [0.1, 0.15) is 12.0 Å². The molecule has 1 fully saturated rings. The van der Waals surface area contributed by atoms with E-state index in [2.05, 4.69) is 10.3 Å². The third-order valence-corrected chi connectivity index (χ3v) is 2.90. The Morgan fingerprint density at radius 1 is 1.23 bits per heavy atom. The molecule has 22 heavy (non-hydrogen) atoms. The van der Waals surface area contributed by atoms with Gasteiger partial charge in [0.05, 0.1) is 0 Å². The van der Waals surface area contributed by atoms with Crippen LogP contribution in [0.25, 0.3) is 6.08 Å². The second-order valence-corrected chi connectivity index (χ2v) is 4.54. The minimum absolute atomic E-state index is 0.00685. The molecule has 0 saturated carbocycles. The van der Waals surface area contributed by atoms with E-state index < -0.39 is 11.9 Å². The average Bonchev–Trinajstić information content (AvgIpc) is 2.77. The molecular formula is C15H17N5O2. The molecule has 0 atom stereocenters. The Kier molecular flexibility index (Phi) is 4.92. The van der Waals surface area contributed by atoms with Crippen LogP contribution in [0.4, 0.5) is 4.79 Å². The van der Waals surface area contributed by atoms with E-state index in [-0.39, 0.29) is 11.7 Å². The van der Waals surface area contributed by atoms with Crippen LogP contribution in [-0.2, 0) is 4.79 Å². The summed E-state index contributed by atoms with van der Waals surface area (Å²) >= 11 is 0. The zero-order valence-electron chi connectivity index (χ0n) is 11.9. The molecule has 1 aliphatic heterocycles. The summed E-state index contributed by atoms with van der Waals surface area (Å²) in [6.45, 7) is 0.356. The van der Waals surface area contributed by atoms with Gasteiger partial charge in [0, 0.05) is 12.7 Å². The van der Waals surface area contributed by atoms with Crippen molar-refractivity contribution in [2.45, 2.75) is 6.42 Å². The van der Waals surface area contributed by atoms with E-state index in [0.717, 1.165) is 10.5 Å². The van der Waals surface area contributed by atoms with Gasteiger partial charge in [-0.3, -0.25) is 9.79 Å². The number of hydrogen-bond acceptors (Lipinski definition) is 3. The summed E-state index contributed by atoms with van der Waals surface area (Å²) in [5, 5.41) is 2.51. The van der Waals surface area contributed by atoms with Crippen LogP contribution < -0.4 is 16.8 Å². The van der Waals surface area contributed by atoms with Crippen LogP contribution in [-0.4, -0.2) is 29.3 Å². The Morgan fingerprint density at radius 2 is 1.95 bits per heavy atom. The number of carbonyl (C=O) groups is 2. The third-order valence-electron chi connectivity index (χ3n) is 2.90. The predicted octanol–water partition coefficient (Wildman–Crippen LogP) is 0.756. The Morgan fingerprint density at radius 3 is 2.64 bits per heavy atom. The molecule has 114 valence electrons. The van der Waals surface area contributed by atoms with Gasteiger partial charge in [-0.25, -0.2) is 9.69 Å². The second-order valence-electron chi connectivity index (χ2n) is 4.54. The smallest absolute Gasteiger partial charge is 0.333 e. The summed E-state index contributed by atoms with van der Waals surface area (Å²) in [5.74, 6) is -0.408. The molecule has 0 spiro atoms. The number of nitrogens with two attached hydrogens (primary N) is 2. The second kappa shape index (κ2) is 7.07. The Labute approximate surface area is 128 Å². The molecule has 1 saturated heterocycles. The van der Waals surface area contributed by atoms with E-state index in [1.807, 2.05) is 30.3 Å². The van der Waals surface area contributed by atoms with Gasteiger partial charge in [-0.1, -0.05) is 36.4 Å². The summed E-state index contributed by atoms with van der Waals surface area (Å²) in [7, 11) is 0. The van der Waals surface area contributed by atoms with Crippen molar-refractivity contribution >= 4 is 24.0 Å². The maximum atomic E-state index is 12.1. The van der Waals surface area contributed by atoms with Crippen molar-refractivity contribution in [3.63, 3.8) is 0 Å². The van der Waals surface area contributed by atoms with E-state index in [9.17, 15) is 9.59 Å². The fraction of sp³-hybridized carbons (Fsp3) is 0.133. The fourth-order valence-corrected chi connectivity index (χ4v) is 1.85. The van der Waals surface area contributed by atoms with Crippen molar-refractivity contribution in [2.24, 2.45) is 16.5 Å². The van der Waals surface area contributed by atoms with Crippen LogP contribution in [0.2, 0.25) is 0 Å². The van der Waals surface area contributed by atoms with Crippen molar-refractivity contribution in [3.8, 4) is 0 Å². The molecule has 0 radical (unpaired) electrons. The summed E-state index contributed by atoms with van der Waals surface area (Å²) in [6, 6.07) is 8.91. The highest BCUT2D eigenvalue weighted by molar-refractivity contribution is 6.12. The molecule has 7 heteroatoms. The monoisotopic (exact) mass is 299 g/mol. The number of urea groups is 1. The van der Waals surface area contributed by atoms with Gasteiger partial charge in [0.2, 0.25) is 0 Å². The number of benzene rings is 1. The highest BCUT2D eigenvalue weighted by Gasteiger charge is 2.31. The van der Waals surface area contributed by atoms with Gasteiger partial charge in [-0.05, 0) is 18.1 Å². The molecule has 7 nitrogen and oxygen atoms in total. The fourth-order valence-electron chi connectivity index (χ4n) is 1.85. The number of rotatable bonds is 5. The molecular weight excluding hydrogens is 282 g/mol. The highest BCUT2D eigenvalue weighted by Crippen LogP contribution is 2.12. The Bertz CT molecular complexity index is 645. The lowest BCUT2D eigenvalue weighted by Gasteiger charge is -2.04. The van der Waals surface area contributed by atoms with Gasteiger partial charge in [0.15, 0.2) is 5.96 Å². The standard InChI is InChI=1S/C15H17N5O2/c16-14(17)18-9-4-7-12-13(21)20(15(22)19-12)10-8-11-5-2-1-3-6-11/h1-3,5-8,10H,4,9H2,(H,19,22)(H4,16,17,18)/b10-8+,12-7-. The van der Waals surface area contributed by atoms with Crippen LogP contribution in [0, 0.1) is 0 Å². The maximum absolute atomic E-state index is 12.1. The molecule has 0 aliphatic carbocycles. The van der Waals surface area contributed by atoms with Crippen molar-refractivity contribution in [1.82, 2.24) is 10.2 Å². The molecule has 1 heterocycles. The van der Waals surface area contributed by atoms with Crippen LogP contribution in [0.15, 0.2) is 53.3 Å². The van der Waals surface area contributed by atoms with Gasteiger partial charge in [-0.2, -0.15) is 0 Å². The van der Waals surface area contributed by atoms with Crippen LogP contribution in [0.5, 0.6) is 0 Å². The Balaban J connectivity index is 2.01. The predicted molar refractivity (Wildman–Crippen MR) is 84.2 cm³/mol. The van der Waals surface area contributed by atoms with Crippen LogP contribution in [0.3, 0.4) is 0 Å². The number of guanidine groups is 1. The molecule has 1 aromatic rings. The third kappa shape index (κ3) is 3.95. The number of hydrogen-bond donors (Lipinski definition) is 3. The highest BCUT2D eigenvalue weighted by atomic mass is 16.2. The van der Waals surface area contributed by atoms with E-state index in [1.165, 1.54) is 6.20 Å². The largest absolute Gasteiger partial charge is 0.370 e. The van der Waals surface area contributed by atoms with Gasteiger partial charge < -0.3 is 16.8 Å². The number of nitrogens with one attached hydrogen (secondary N) is 1. The van der Waals surface area contributed by atoms with E-state index in [4.69, 9.17) is 11.5 Å². The van der Waals surface area contributed by atoms with E-state index >= 15 is 0 Å². The quantitative estimate of drug-likeness (QED) is 0.245. The number of imide groups is 1. The first-order valence-electron chi connectivity index (χ1n) is 6.71. The molecule has 1 aliphatic rings. The lowest BCUT2D eigenvalue weighted by Crippen LogP contribution is -2.24. The summed E-state index contributed by atoms with van der Waals surface area (Å²) in [6.07, 6.45) is 5.20. The van der Waals surface area contributed by atoms with Crippen molar-refractivity contribution in [3.05, 3.63) is 53.9 Å². The van der Waals surface area contributed by atoms with Gasteiger partial charge in [-0.15, -0.1) is 0 Å². The topological polar surface area (TPSA) is 114 Å². The van der Waals surface area contributed by atoms with Crippen molar-refractivity contribution in [1.29, 1.82) is 0 Å².